The van der Waals surface area contributed by atoms with E-state index >= 15 is 0 Å². The lowest BCUT2D eigenvalue weighted by Gasteiger charge is -2.31. The number of hydrogen-bond acceptors (Lipinski definition) is 2. The molecular weight excluding hydrogens is 214 g/mol. The molecule has 0 aromatic rings. The van der Waals surface area contributed by atoms with E-state index in [1.165, 1.54) is 32.1 Å². The molecule has 1 amide bonds. The second-order valence-electron chi connectivity index (χ2n) is 6.06. The van der Waals surface area contributed by atoms with Gasteiger partial charge in [-0.15, -0.1) is 0 Å². The molecule has 1 fully saturated rings. The predicted molar refractivity (Wildman–Crippen MR) is 70.0 cm³/mol. The number of amides is 1. The van der Waals surface area contributed by atoms with Crippen LogP contribution >= 0.6 is 0 Å². The zero-order valence-electron chi connectivity index (χ0n) is 11.7. The second kappa shape index (κ2) is 6.27. The molecule has 0 spiro atoms. The molecule has 1 aliphatic carbocycles. The van der Waals surface area contributed by atoms with E-state index in [0.717, 1.165) is 6.42 Å². The minimum Gasteiger partial charge on any atom is -0.444 e. The minimum atomic E-state index is -0.408. The molecule has 0 heterocycles. The first-order valence-corrected chi connectivity index (χ1v) is 6.92. The fourth-order valence-electron chi connectivity index (χ4n) is 2.55. The van der Waals surface area contributed by atoms with Gasteiger partial charge in [-0.2, -0.15) is 0 Å². The molecule has 0 aromatic carbocycles. The number of rotatable bonds is 3. The largest absolute Gasteiger partial charge is 0.444 e. The summed E-state index contributed by atoms with van der Waals surface area (Å²) in [6.45, 7) is 7.83. The predicted octanol–water partition coefficient (Wildman–Crippen LogP) is 3.87. The maximum Gasteiger partial charge on any atom is 0.407 e. The number of nitrogens with one attached hydrogen (secondary N) is 1. The van der Waals surface area contributed by atoms with Crippen LogP contribution in [-0.2, 0) is 4.74 Å². The van der Waals surface area contributed by atoms with Gasteiger partial charge in [0.2, 0.25) is 0 Å². The zero-order valence-corrected chi connectivity index (χ0v) is 11.7. The normalized spacial score (nSPS) is 19.8. The van der Waals surface area contributed by atoms with Crippen LogP contribution in [0.25, 0.3) is 0 Å². The summed E-state index contributed by atoms with van der Waals surface area (Å²) in [5, 5.41) is 3.03. The molecule has 1 saturated carbocycles. The van der Waals surface area contributed by atoms with E-state index in [0.29, 0.717) is 5.92 Å². The molecule has 0 saturated heterocycles. The van der Waals surface area contributed by atoms with Crippen LogP contribution in [-0.4, -0.2) is 17.7 Å². The first-order chi connectivity index (χ1) is 7.92. The maximum absolute atomic E-state index is 11.7. The highest BCUT2D eigenvalue weighted by atomic mass is 16.6. The summed E-state index contributed by atoms with van der Waals surface area (Å²) >= 11 is 0. The van der Waals surface area contributed by atoms with Crippen molar-refractivity contribution in [2.24, 2.45) is 5.92 Å². The van der Waals surface area contributed by atoms with Crippen molar-refractivity contribution in [1.29, 1.82) is 0 Å². The van der Waals surface area contributed by atoms with Gasteiger partial charge in [0, 0.05) is 6.04 Å². The number of hydrogen-bond donors (Lipinski definition) is 1. The van der Waals surface area contributed by atoms with Crippen LogP contribution in [0.15, 0.2) is 0 Å². The first-order valence-electron chi connectivity index (χ1n) is 6.92. The zero-order chi connectivity index (χ0) is 12.9. The van der Waals surface area contributed by atoms with Gasteiger partial charge in [0.1, 0.15) is 5.60 Å². The molecular formula is C14H27NO2. The van der Waals surface area contributed by atoms with Crippen LogP contribution in [0.2, 0.25) is 0 Å². The van der Waals surface area contributed by atoms with Crippen molar-refractivity contribution >= 4 is 6.09 Å². The first kappa shape index (κ1) is 14.3. The molecule has 0 aliphatic heterocycles. The van der Waals surface area contributed by atoms with Crippen molar-refractivity contribution < 1.29 is 9.53 Å². The lowest BCUT2D eigenvalue weighted by Crippen LogP contribution is -2.43. The topological polar surface area (TPSA) is 38.3 Å². The Morgan fingerprint density at radius 3 is 2.35 bits per heavy atom. The minimum absolute atomic E-state index is 0.269. The lowest BCUT2D eigenvalue weighted by atomic mass is 9.83. The number of ether oxygens (including phenoxy) is 1. The average Bonchev–Trinajstić information content (AvgIpc) is 2.24. The standard InChI is InChI=1S/C14H27NO2/c1-5-12(11-9-7-6-8-10-11)15-13(16)17-14(2,3)4/h11-12H,5-10H2,1-4H3,(H,15,16). The van der Waals surface area contributed by atoms with Crippen molar-refractivity contribution in [2.75, 3.05) is 0 Å². The third-order valence-electron chi connectivity index (χ3n) is 3.36. The fourth-order valence-corrected chi connectivity index (χ4v) is 2.55. The van der Waals surface area contributed by atoms with E-state index in [9.17, 15) is 4.79 Å². The maximum atomic E-state index is 11.7. The summed E-state index contributed by atoms with van der Waals surface area (Å²) in [6, 6.07) is 0.283. The highest BCUT2D eigenvalue weighted by molar-refractivity contribution is 5.68. The van der Waals surface area contributed by atoms with E-state index in [2.05, 4.69) is 12.2 Å². The van der Waals surface area contributed by atoms with Crippen molar-refractivity contribution in [1.82, 2.24) is 5.32 Å². The number of alkyl carbamates (subject to hydrolysis) is 1. The Hall–Kier alpha value is -0.730. The third-order valence-corrected chi connectivity index (χ3v) is 3.36. The monoisotopic (exact) mass is 241 g/mol. The summed E-state index contributed by atoms with van der Waals surface area (Å²) in [6.07, 6.45) is 7.16. The number of carbonyl (C=O) groups is 1. The molecule has 3 heteroatoms. The Kier molecular flexibility index (Phi) is 5.29. The molecule has 0 radical (unpaired) electrons. The molecule has 3 nitrogen and oxygen atoms in total. The van der Waals surface area contributed by atoms with Crippen molar-refractivity contribution in [2.45, 2.75) is 77.9 Å². The van der Waals surface area contributed by atoms with Gasteiger partial charge in [-0.1, -0.05) is 26.2 Å². The summed E-state index contributed by atoms with van der Waals surface area (Å²) < 4.78 is 5.31. The van der Waals surface area contributed by atoms with Crippen molar-refractivity contribution in [3.8, 4) is 0 Å². The summed E-state index contributed by atoms with van der Waals surface area (Å²) in [7, 11) is 0. The molecule has 1 unspecified atom stereocenters. The van der Waals surface area contributed by atoms with Gasteiger partial charge in [-0.05, 0) is 46.0 Å². The summed E-state index contributed by atoms with van der Waals surface area (Å²) in [4.78, 5) is 11.7. The Morgan fingerprint density at radius 1 is 1.29 bits per heavy atom. The second-order valence-corrected chi connectivity index (χ2v) is 6.06. The van der Waals surface area contributed by atoms with E-state index in [1.54, 1.807) is 0 Å². The van der Waals surface area contributed by atoms with Crippen LogP contribution in [0.1, 0.15) is 66.2 Å². The van der Waals surface area contributed by atoms with Gasteiger partial charge in [-0.25, -0.2) is 4.79 Å². The highest BCUT2D eigenvalue weighted by Crippen LogP contribution is 2.27. The Bertz CT molecular complexity index is 239. The van der Waals surface area contributed by atoms with E-state index in [-0.39, 0.29) is 12.1 Å². The van der Waals surface area contributed by atoms with Crippen molar-refractivity contribution in [3.05, 3.63) is 0 Å². The van der Waals surface area contributed by atoms with Gasteiger partial charge in [0.15, 0.2) is 0 Å². The van der Waals surface area contributed by atoms with Crippen LogP contribution in [0.3, 0.4) is 0 Å². The average molecular weight is 241 g/mol. The van der Waals surface area contributed by atoms with Gasteiger partial charge in [0.25, 0.3) is 0 Å². The molecule has 0 bridgehead atoms. The fraction of sp³-hybridized carbons (Fsp3) is 0.929. The van der Waals surface area contributed by atoms with Gasteiger partial charge >= 0.3 is 6.09 Å². The van der Waals surface area contributed by atoms with Crippen molar-refractivity contribution in [3.63, 3.8) is 0 Å². The molecule has 1 N–H and O–H groups in total. The molecule has 17 heavy (non-hydrogen) atoms. The smallest absolute Gasteiger partial charge is 0.407 e. The van der Waals surface area contributed by atoms with Crippen LogP contribution in [0.4, 0.5) is 4.79 Å². The molecule has 1 atom stereocenters. The van der Waals surface area contributed by atoms with Gasteiger partial charge in [-0.3, -0.25) is 0 Å². The Morgan fingerprint density at radius 2 is 1.88 bits per heavy atom. The molecule has 1 rings (SSSR count). The van der Waals surface area contributed by atoms with Crippen LogP contribution in [0.5, 0.6) is 0 Å². The van der Waals surface area contributed by atoms with E-state index in [4.69, 9.17) is 4.74 Å². The van der Waals surface area contributed by atoms with Gasteiger partial charge < -0.3 is 10.1 Å². The SMILES string of the molecule is CCC(NC(=O)OC(C)(C)C)C1CCCCC1. The van der Waals surface area contributed by atoms with E-state index < -0.39 is 5.60 Å². The Labute approximate surface area is 105 Å². The molecule has 0 aromatic heterocycles. The lowest BCUT2D eigenvalue weighted by molar-refractivity contribution is 0.0475. The third kappa shape index (κ3) is 5.42. The van der Waals surface area contributed by atoms with Crippen LogP contribution < -0.4 is 5.32 Å². The van der Waals surface area contributed by atoms with Crippen LogP contribution in [0, 0.1) is 5.92 Å². The highest BCUT2D eigenvalue weighted by Gasteiger charge is 2.25. The Balaban J connectivity index is 2.42. The molecule has 100 valence electrons. The van der Waals surface area contributed by atoms with Gasteiger partial charge in [0.05, 0.1) is 0 Å². The molecule has 1 aliphatic rings. The summed E-state index contributed by atoms with van der Waals surface area (Å²) in [5.74, 6) is 0.640. The number of carbonyl (C=O) groups excluding carboxylic acids is 1. The summed E-state index contributed by atoms with van der Waals surface area (Å²) in [5.41, 5.74) is -0.408. The van der Waals surface area contributed by atoms with E-state index in [1.807, 2.05) is 20.8 Å². The quantitative estimate of drug-likeness (QED) is 0.814.